The van der Waals surface area contributed by atoms with Gasteiger partial charge in [0.1, 0.15) is 91.4 Å². The van der Waals surface area contributed by atoms with Gasteiger partial charge in [0.05, 0.1) is 38.6 Å². The Morgan fingerprint density at radius 2 is 1.34 bits per heavy atom. The van der Waals surface area contributed by atoms with Crippen LogP contribution in [0.1, 0.15) is 20.3 Å². The van der Waals surface area contributed by atoms with E-state index in [1.807, 2.05) is 0 Å². The SMILES string of the molecule is CC(=O)N[C@H]1[C@H](O[C@H]2[C@@H]3OC4(C[C@H](O)[C@@H](NC(C)=O)[C@H]([C@H](O)[C@H](O)CO)O4)C(=O)N[C@H]3[C@H](O[C@H]3[C@H](O)[C@@H](O)[C@H](OCC[Si](C)(C)C)O[C@@H]3CO)O[C@@H]2CO)O[C@H](CO)[C@H](O)[C@@H]1O. The van der Waals surface area contributed by atoms with Crippen LogP contribution in [-0.2, 0) is 52.3 Å². The summed E-state index contributed by atoms with van der Waals surface area (Å²) in [7, 11) is -1.60. The van der Waals surface area contributed by atoms with E-state index >= 15 is 0 Å². The van der Waals surface area contributed by atoms with Crippen molar-refractivity contribution >= 4 is 25.8 Å². The Morgan fingerprint density at radius 3 is 1.92 bits per heavy atom. The second-order valence-corrected chi connectivity index (χ2v) is 23.0. The fourth-order valence-electron chi connectivity index (χ4n) is 8.10. The van der Waals surface area contributed by atoms with Gasteiger partial charge in [-0.25, -0.2) is 0 Å². The number of hydrogen-bond acceptors (Lipinski definition) is 22. The quantitative estimate of drug-likeness (QED) is 0.0639. The van der Waals surface area contributed by atoms with E-state index in [0.717, 1.165) is 13.8 Å². The molecular formula is C36H63N3O22Si. The molecule has 0 aliphatic carbocycles. The normalized spacial score (nSPS) is 43.6. The van der Waals surface area contributed by atoms with E-state index in [9.17, 15) is 70.6 Å². The van der Waals surface area contributed by atoms with Crippen LogP contribution in [0.3, 0.4) is 0 Å². The lowest BCUT2D eigenvalue weighted by atomic mass is 9.86. The van der Waals surface area contributed by atoms with Gasteiger partial charge in [-0.05, 0) is 6.04 Å². The number of aliphatic hydroxyl groups excluding tert-OH is 11. The largest absolute Gasteiger partial charge is 0.394 e. The van der Waals surface area contributed by atoms with E-state index in [4.69, 9.17) is 37.9 Å². The molecule has 0 aromatic heterocycles. The van der Waals surface area contributed by atoms with Crippen molar-refractivity contribution in [3.63, 3.8) is 0 Å². The number of amides is 3. The highest BCUT2D eigenvalue weighted by Crippen LogP contribution is 2.42. The third-order valence-electron chi connectivity index (χ3n) is 11.4. The van der Waals surface area contributed by atoms with Crippen LogP contribution in [0.4, 0.5) is 0 Å². The number of hydrogen-bond donors (Lipinski definition) is 14. The molecule has 5 aliphatic rings. The molecule has 21 atom stereocenters. The maximum atomic E-state index is 14.3. The second-order valence-electron chi connectivity index (χ2n) is 17.4. The van der Waals surface area contributed by atoms with Crippen LogP contribution in [0.15, 0.2) is 0 Å². The molecule has 0 saturated carbocycles. The zero-order chi connectivity index (χ0) is 46.0. The Morgan fingerprint density at radius 1 is 0.774 bits per heavy atom. The predicted octanol–water partition coefficient (Wildman–Crippen LogP) is -7.84. The number of carbonyl (C=O) groups is 3. The molecule has 0 aromatic rings. The van der Waals surface area contributed by atoms with Crippen molar-refractivity contribution in [2.75, 3.05) is 33.0 Å². The predicted molar refractivity (Wildman–Crippen MR) is 204 cm³/mol. The molecule has 5 fully saturated rings. The zero-order valence-corrected chi connectivity index (χ0v) is 35.9. The van der Waals surface area contributed by atoms with Crippen LogP contribution in [0, 0.1) is 0 Å². The third kappa shape index (κ3) is 11.1. The average molecular weight is 918 g/mol. The average Bonchev–Trinajstić information content (AvgIpc) is 3.20. The summed E-state index contributed by atoms with van der Waals surface area (Å²) < 4.78 is 48.3. The van der Waals surface area contributed by atoms with Crippen molar-refractivity contribution in [2.24, 2.45) is 0 Å². The van der Waals surface area contributed by atoms with Gasteiger partial charge in [-0.2, -0.15) is 0 Å². The first-order chi connectivity index (χ1) is 29.1. The summed E-state index contributed by atoms with van der Waals surface area (Å²) >= 11 is 0. The number of nitrogens with one attached hydrogen (secondary N) is 3. The van der Waals surface area contributed by atoms with Gasteiger partial charge in [0, 0.05) is 34.9 Å². The van der Waals surface area contributed by atoms with E-state index in [1.54, 1.807) is 0 Å². The molecule has 358 valence electrons. The summed E-state index contributed by atoms with van der Waals surface area (Å²) in [5.74, 6) is -5.21. The first kappa shape index (κ1) is 50.9. The topological polar surface area (TPSA) is 384 Å². The van der Waals surface area contributed by atoms with Crippen molar-refractivity contribution < 1.29 is 108 Å². The number of fused-ring (bicyclic) bond motifs is 1. The van der Waals surface area contributed by atoms with E-state index in [0.29, 0.717) is 6.04 Å². The first-order valence-electron chi connectivity index (χ1n) is 20.4. The summed E-state index contributed by atoms with van der Waals surface area (Å²) in [4.78, 5) is 38.7. The Bertz CT molecular complexity index is 1520. The Kier molecular flexibility index (Phi) is 17.2. The molecule has 5 aliphatic heterocycles. The molecular weight excluding hydrogens is 854 g/mol. The maximum absolute atomic E-state index is 14.3. The Hall–Kier alpha value is -2.13. The number of carbonyl (C=O) groups excluding carboxylic acids is 3. The molecule has 5 rings (SSSR count). The molecule has 0 radical (unpaired) electrons. The lowest BCUT2D eigenvalue weighted by Crippen LogP contribution is -2.78. The molecule has 1 unspecified atom stereocenters. The van der Waals surface area contributed by atoms with Gasteiger partial charge in [-0.15, -0.1) is 0 Å². The minimum Gasteiger partial charge on any atom is -0.394 e. The maximum Gasteiger partial charge on any atom is 0.280 e. The van der Waals surface area contributed by atoms with Crippen LogP contribution in [0.2, 0.25) is 25.7 Å². The number of ether oxygens (including phenoxy) is 8. The highest BCUT2D eigenvalue weighted by Gasteiger charge is 2.64. The summed E-state index contributed by atoms with van der Waals surface area (Å²) in [6, 6.07) is -3.93. The summed E-state index contributed by atoms with van der Waals surface area (Å²) in [6.07, 6.45) is -29.8. The standard InChI is InChI=1S/C36H63N3O22Si/c1-13(44)37-20-15(46)8-36(60-30(20)23(48)16(47)9-40)35(53)39-22-31(61-36)29(59-32-21(38-14(2)45)25(50)24(49)17(10-41)55-32)19(12-43)56-33(22)58-28-18(11-42)57-34(27(52)26(28)51)54-6-7-62(3,4)5/h15-34,40-43,46-52H,6-12H2,1-5H3,(H,37,44)(H,38,45)(H,39,53)/t15-,16+,17+,18+,19+,20+,21+,22+,23+,24-,25+,26+,27+,28+,29+,30+,31+,32-,33-,34+,36?/m0/s1. The van der Waals surface area contributed by atoms with Crippen molar-refractivity contribution in [3.05, 3.63) is 0 Å². The van der Waals surface area contributed by atoms with Crippen molar-refractivity contribution in [3.8, 4) is 0 Å². The van der Waals surface area contributed by atoms with Gasteiger partial charge in [0.15, 0.2) is 18.9 Å². The molecule has 26 heteroatoms. The van der Waals surface area contributed by atoms with Crippen molar-refractivity contribution in [1.29, 1.82) is 0 Å². The van der Waals surface area contributed by atoms with Crippen LogP contribution in [0.25, 0.3) is 0 Å². The number of rotatable bonds is 16. The van der Waals surface area contributed by atoms with Gasteiger partial charge < -0.3 is 110 Å². The molecule has 0 aromatic carbocycles. The van der Waals surface area contributed by atoms with Crippen LogP contribution < -0.4 is 16.0 Å². The lowest BCUT2D eigenvalue weighted by molar-refractivity contribution is -0.393. The van der Waals surface area contributed by atoms with Crippen molar-refractivity contribution in [1.82, 2.24) is 16.0 Å². The number of morpholine rings is 1. The van der Waals surface area contributed by atoms with Gasteiger partial charge in [-0.1, -0.05) is 19.6 Å². The van der Waals surface area contributed by atoms with Gasteiger partial charge in [0.25, 0.3) is 11.7 Å². The highest BCUT2D eigenvalue weighted by molar-refractivity contribution is 6.76. The summed E-state index contributed by atoms with van der Waals surface area (Å²) in [5, 5.41) is 125. The first-order valence-corrected chi connectivity index (χ1v) is 24.1. The van der Waals surface area contributed by atoms with E-state index in [1.165, 1.54) is 0 Å². The van der Waals surface area contributed by atoms with Gasteiger partial charge in [-0.3, -0.25) is 14.4 Å². The minimum atomic E-state index is -2.63. The van der Waals surface area contributed by atoms with Crippen LogP contribution in [0.5, 0.6) is 0 Å². The molecule has 3 amide bonds. The zero-order valence-electron chi connectivity index (χ0n) is 34.9. The fourth-order valence-corrected chi connectivity index (χ4v) is 8.83. The van der Waals surface area contributed by atoms with Crippen molar-refractivity contribution in [2.45, 2.75) is 174 Å². The van der Waals surface area contributed by atoms with E-state index in [2.05, 4.69) is 35.6 Å². The molecule has 1 spiro atoms. The molecule has 0 bridgehead atoms. The Balaban J connectivity index is 1.52. The monoisotopic (exact) mass is 917 g/mol. The molecule has 62 heavy (non-hydrogen) atoms. The minimum absolute atomic E-state index is 0.176. The lowest BCUT2D eigenvalue weighted by Gasteiger charge is -2.56. The van der Waals surface area contributed by atoms with Crippen LogP contribution in [-0.4, -0.2) is 243 Å². The smallest absolute Gasteiger partial charge is 0.280 e. The number of aliphatic hydroxyl groups is 11. The van der Waals surface area contributed by atoms with Crippen LogP contribution >= 0.6 is 0 Å². The second kappa shape index (κ2) is 21.0. The molecule has 5 heterocycles. The summed E-state index contributed by atoms with van der Waals surface area (Å²) in [6.45, 7) is 5.08. The highest BCUT2D eigenvalue weighted by atomic mass is 28.3. The van der Waals surface area contributed by atoms with E-state index in [-0.39, 0.29) is 6.61 Å². The van der Waals surface area contributed by atoms with Gasteiger partial charge in [0.2, 0.25) is 11.8 Å². The van der Waals surface area contributed by atoms with E-state index < -0.39 is 187 Å². The molecule has 5 saturated heterocycles. The molecule has 25 nitrogen and oxygen atoms in total. The molecule has 14 N–H and O–H groups in total. The fraction of sp³-hybridized carbons (Fsp3) is 0.917. The van der Waals surface area contributed by atoms with Gasteiger partial charge >= 0.3 is 0 Å². The Labute approximate surface area is 357 Å². The summed E-state index contributed by atoms with van der Waals surface area (Å²) in [5.41, 5.74) is 0. The third-order valence-corrected chi connectivity index (χ3v) is 13.1.